The first-order valence-corrected chi connectivity index (χ1v) is 15.4. The van der Waals surface area contributed by atoms with Gasteiger partial charge in [0, 0.05) is 0 Å². The van der Waals surface area contributed by atoms with Crippen molar-refractivity contribution in [2.75, 3.05) is 38.9 Å². The fourth-order valence-electron chi connectivity index (χ4n) is 1.25. The van der Waals surface area contributed by atoms with Crippen LogP contribution in [-0.4, -0.2) is 86.5 Å². The number of hydrogen-bond donors (Lipinski definition) is 8. The van der Waals surface area contributed by atoms with Gasteiger partial charge in [-0.3, -0.25) is 0 Å². The molecule has 0 aromatic heterocycles. The van der Waals surface area contributed by atoms with Crippen LogP contribution in [0, 0.1) is 0 Å². The Bertz CT molecular complexity index is 548. The van der Waals surface area contributed by atoms with E-state index in [1.165, 1.54) is 0 Å². The van der Waals surface area contributed by atoms with Crippen molar-refractivity contribution in [1.29, 1.82) is 0 Å². The maximum absolute atomic E-state index is 11.8. The first-order valence-electron chi connectivity index (χ1n) is 6.73. The summed E-state index contributed by atoms with van der Waals surface area (Å²) < 4.78 is 49.4. The van der Waals surface area contributed by atoms with Crippen LogP contribution in [-0.2, 0) is 36.6 Å². The van der Waals surface area contributed by atoms with Crippen LogP contribution >= 0.6 is 32.7 Å². The van der Waals surface area contributed by atoms with E-state index in [-0.39, 0.29) is 0 Å². The van der Waals surface area contributed by atoms with E-state index in [1.54, 1.807) is 0 Å². The Morgan fingerprint density at radius 2 is 1.19 bits per heavy atom. The first kappa shape index (κ1) is 28.1. The molecular weight excluding hydrogens is 484 g/mol. The van der Waals surface area contributed by atoms with Gasteiger partial charge in [-0.25, -0.2) is 0 Å². The molecular formula is C6H26O16P4S. The second kappa shape index (κ2) is 10.9. The molecule has 0 rings (SSSR count). The monoisotopic (exact) mass is 510 g/mol. The van der Waals surface area contributed by atoms with E-state index >= 15 is 0 Å². The summed E-state index contributed by atoms with van der Waals surface area (Å²) in [5.74, 6) is -1.56. The second-order valence-corrected chi connectivity index (χ2v) is 14.4. The fraction of sp³-hybridized carbons (Fsp3) is 1.00. The summed E-state index contributed by atoms with van der Waals surface area (Å²) in [6, 6.07) is 0. The van der Waals surface area contributed by atoms with E-state index in [0.29, 0.717) is 0 Å². The molecule has 27 heavy (non-hydrogen) atoms. The van der Waals surface area contributed by atoms with Crippen LogP contribution in [0.25, 0.3) is 0 Å². The normalized spacial score (nSPS) is 17.0. The molecule has 0 amide bonds. The average molecular weight is 510 g/mol. The van der Waals surface area contributed by atoms with Crippen molar-refractivity contribution in [3.63, 3.8) is 0 Å². The Hall–Kier alpha value is 1.11. The summed E-state index contributed by atoms with van der Waals surface area (Å²) in [6.45, 7) is -1.55. The minimum atomic E-state index is -5.29. The van der Waals surface area contributed by atoms with E-state index in [1.807, 2.05) is 0 Å². The number of hydrogen-bond acceptors (Lipinski definition) is 16. The molecule has 0 unspecified atom stereocenters. The zero-order valence-electron chi connectivity index (χ0n) is 14.1. The van der Waals surface area contributed by atoms with Crippen LogP contribution in [0.2, 0.25) is 0 Å². The molecule has 172 valence electrons. The van der Waals surface area contributed by atoms with E-state index in [2.05, 4.69) is 22.2 Å². The van der Waals surface area contributed by atoms with E-state index in [0.717, 1.165) is 14.2 Å². The van der Waals surface area contributed by atoms with Gasteiger partial charge >= 0.3 is 156 Å². The van der Waals surface area contributed by atoms with E-state index in [9.17, 15) is 23.1 Å². The molecule has 0 aliphatic heterocycles. The maximum atomic E-state index is 11.8. The Morgan fingerprint density at radius 3 is 1.59 bits per heavy atom. The van der Waals surface area contributed by atoms with Crippen molar-refractivity contribution >= 4 is 42.5 Å². The zero-order valence-corrected chi connectivity index (χ0v) is 18.9. The van der Waals surface area contributed by atoms with Crippen molar-refractivity contribution in [2.45, 2.75) is 0 Å². The Balaban J connectivity index is 4.48. The predicted molar refractivity (Wildman–Crippen MR) is 97.8 cm³/mol. The van der Waals surface area contributed by atoms with Crippen LogP contribution in [0.1, 0.15) is 0 Å². The molecule has 0 aliphatic carbocycles. The molecule has 0 saturated heterocycles. The molecule has 21 heteroatoms. The fourth-order valence-corrected chi connectivity index (χ4v) is 7.18. The standard InChI is InChI=1S/C6H26O16P4S/c1-17-24(10,11)22-26(14,18-2)20-4-6-27(15,16)5-3-19-25(12,13)21-23(7,8)9/h7-14,23-26H,3-6H2,1-2H3. The third-order valence-electron chi connectivity index (χ3n) is 2.42. The molecule has 0 heterocycles. The molecule has 16 nitrogen and oxygen atoms in total. The summed E-state index contributed by atoms with van der Waals surface area (Å²) in [5.41, 5.74) is 0. The molecule has 0 aromatic carbocycles. The molecule has 0 aliphatic rings. The van der Waals surface area contributed by atoms with Gasteiger partial charge in [0.15, 0.2) is 0 Å². The number of rotatable bonds is 14. The van der Waals surface area contributed by atoms with Gasteiger partial charge in [0.1, 0.15) is 0 Å². The third-order valence-corrected chi connectivity index (χ3v) is 10.4. The van der Waals surface area contributed by atoms with Gasteiger partial charge in [-0.05, 0) is 0 Å². The first-order chi connectivity index (χ1) is 11.9. The van der Waals surface area contributed by atoms with Gasteiger partial charge < -0.3 is 0 Å². The topological polar surface area (TPSA) is 251 Å². The second-order valence-electron chi connectivity index (χ2n) is 4.66. The Kier molecular flexibility index (Phi) is 11.4. The molecule has 0 radical (unpaired) electrons. The van der Waals surface area contributed by atoms with E-state index < -0.39 is 67.2 Å². The third kappa shape index (κ3) is 13.9. The zero-order chi connectivity index (χ0) is 21.6. The van der Waals surface area contributed by atoms with Gasteiger partial charge in [-0.15, -0.1) is 0 Å². The van der Waals surface area contributed by atoms with Crippen LogP contribution in [0.5, 0.6) is 0 Å². The Labute approximate surface area is 156 Å². The van der Waals surface area contributed by atoms with Crippen LogP contribution < -0.4 is 0 Å². The van der Waals surface area contributed by atoms with Gasteiger partial charge in [0.25, 0.3) is 0 Å². The molecule has 0 atom stereocenters. The van der Waals surface area contributed by atoms with Crippen molar-refractivity contribution < 1.29 is 74.3 Å². The predicted octanol–water partition coefficient (Wildman–Crippen LogP) is -2.66. The molecule has 0 aromatic rings. The SMILES string of the molecule is CO[PH](O)(O)O[PH](O)(OC)OCCS(=O)(=O)CCO[PH](O)(O)O[PH](O)(O)O. The summed E-state index contributed by atoms with van der Waals surface area (Å²) in [7, 11) is -21.9. The van der Waals surface area contributed by atoms with Crippen LogP contribution in [0.15, 0.2) is 0 Å². The molecule has 8 N–H and O–H groups in total. The van der Waals surface area contributed by atoms with Crippen molar-refractivity contribution in [3.05, 3.63) is 0 Å². The molecule has 0 fully saturated rings. The minimum absolute atomic E-state index is 0.704. The average Bonchev–Trinajstić information content (AvgIpc) is 2.43. The van der Waals surface area contributed by atoms with Crippen LogP contribution in [0.3, 0.4) is 0 Å². The summed E-state index contributed by atoms with van der Waals surface area (Å²) >= 11 is 0. The van der Waals surface area contributed by atoms with Gasteiger partial charge in [0.2, 0.25) is 0 Å². The number of sulfone groups is 1. The summed E-state index contributed by atoms with van der Waals surface area (Å²) in [5, 5.41) is 0. The Morgan fingerprint density at radius 1 is 0.704 bits per heavy atom. The van der Waals surface area contributed by atoms with Gasteiger partial charge in [-0.1, -0.05) is 0 Å². The quantitative estimate of drug-likeness (QED) is 0.111. The van der Waals surface area contributed by atoms with Crippen molar-refractivity contribution in [1.82, 2.24) is 0 Å². The van der Waals surface area contributed by atoms with E-state index in [4.69, 9.17) is 29.0 Å². The van der Waals surface area contributed by atoms with Crippen molar-refractivity contribution in [2.24, 2.45) is 0 Å². The summed E-state index contributed by atoms with van der Waals surface area (Å²) in [6.07, 6.45) is 0. The van der Waals surface area contributed by atoms with Crippen LogP contribution in [0.4, 0.5) is 0 Å². The molecule has 0 bridgehead atoms. The molecule has 0 saturated carbocycles. The summed E-state index contributed by atoms with van der Waals surface area (Å²) in [4.78, 5) is 72.3. The van der Waals surface area contributed by atoms with Gasteiger partial charge in [0.05, 0.1) is 0 Å². The van der Waals surface area contributed by atoms with Crippen molar-refractivity contribution in [3.8, 4) is 0 Å². The molecule has 0 spiro atoms. The van der Waals surface area contributed by atoms with Gasteiger partial charge in [-0.2, -0.15) is 0 Å².